The van der Waals surface area contributed by atoms with Gasteiger partial charge >= 0.3 is 0 Å². The number of benzene rings is 1. The summed E-state index contributed by atoms with van der Waals surface area (Å²) in [5, 5.41) is 0. The van der Waals surface area contributed by atoms with Crippen LogP contribution in [0, 0.1) is 17.5 Å². The number of piperidine rings is 1. The second-order valence-electron chi connectivity index (χ2n) is 9.07. The largest absolute Gasteiger partial charge is 0.487 e. The Kier molecular flexibility index (Phi) is 6.86. The third-order valence-corrected chi connectivity index (χ3v) is 6.64. The van der Waals surface area contributed by atoms with Crippen LogP contribution in [-0.2, 0) is 17.8 Å². The van der Waals surface area contributed by atoms with Crippen molar-refractivity contribution in [1.82, 2.24) is 19.9 Å². The van der Waals surface area contributed by atoms with Crippen molar-refractivity contribution in [2.45, 2.75) is 38.8 Å². The molecule has 1 amide bonds. The fourth-order valence-corrected chi connectivity index (χ4v) is 4.65. The van der Waals surface area contributed by atoms with Crippen LogP contribution in [0.5, 0.6) is 11.6 Å². The molecule has 0 saturated carbocycles. The molecule has 0 radical (unpaired) electrons. The van der Waals surface area contributed by atoms with Gasteiger partial charge in [0, 0.05) is 63.6 Å². The number of carbonyl (C=O) groups excluding carboxylic acids is 1. The van der Waals surface area contributed by atoms with E-state index in [1.54, 1.807) is 4.90 Å². The van der Waals surface area contributed by atoms with Crippen molar-refractivity contribution in [3.05, 3.63) is 59.3 Å². The molecule has 0 spiro atoms. The molecule has 11 heteroatoms. The van der Waals surface area contributed by atoms with Gasteiger partial charge in [-0.2, -0.15) is 0 Å². The topological polar surface area (TPSA) is 80.7 Å². The molecule has 1 saturated heterocycles. The van der Waals surface area contributed by atoms with E-state index in [4.69, 9.17) is 19.4 Å². The van der Waals surface area contributed by atoms with Crippen molar-refractivity contribution in [1.29, 1.82) is 0 Å². The third-order valence-electron chi connectivity index (χ3n) is 6.64. The van der Waals surface area contributed by atoms with Gasteiger partial charge in [-0.15, -0.1) is 0 Å². The van der Waals surface area contributed by atoms with Crippen LogP contribution in [0.3, 0.4) is 0 Å². The van der Waals surface area contributed by atoms with Gasteiger partial charge in [0.1, 0.15) is 17.6 Å². The highest BCUT2D eigenvalue weighted by atomic mass is 19.1. The minimum Gasteiger partial charge on any atom is -0.487 e. The first-order valence-corrected chi connectivity index (χ1v) is 12.0. The van der Waals surface area contributed by atoms with Crippen LogP contribution in [0.2, 0.25) is 0 Å². The molecule has 5 rings (SSSR count). The monoisotopic (exact) mass is 513 g/mol. The first-order valence-electron chi connectivity index (χ1n) is 12.0. The maximum Gasteiger partial charge on any atom is 0.250 e. The summed E-state index contributed by atoms with van der Waals surface area (Å²) in [6.07, 6.45) is 2.94. The summed E-state index contributed by atoms with van der Waals surface area (Å²) in [5.41, 5.74) is 2.36. The lowest BCUT2D eigenvalue weighted by Crippen LogP contribution is -2.40. The molecule has 8 nitrogen and oxygen atoms in total. The summed E-state index contributed by atoms with van der Waals surface area (Å²) in [4.78, 5) is 29.5. The minimum absolute atomic E-state index is 0.0175. The van der Waals surface area contributed by atoms with Gasteiger partial charge in [0.15, 0.2) is 23.2 Å². The highest BCUT2D eigenvalue weighted by Crippen LogP contribution is 2.34. The third kappa shape index (κ3) is 5.16. The lowest BCUT2D eigenvalue weighted by atomic mass is 10.0. The zero-order valence-corrected chi connectivity index (χ0v) is 20.5. The van der Waals surface area contributed by atoms with Crippen LogP contribution >= 0.6 is 0 Å². The molecule has 194 valence electrons. The van der Waals surface area contributed by atoms with Gasteiger partial charge in [0.25, 0.3) is 0 Å². The van der Waals surface area contributed by atoms with E-state index in [1.165, 1.54) is 32.4 Å². The Labute approximate surface area is 212 Å². The van der Waals surface area contributed by atoms with E-state index in [1.807, 2.05) is 4.90 Å². The van der Waals surface area contributed by atoms with Crippen LogP contribution in [0.1, 0.15) is 31.2 Å². The SMILES string of the molecule is COc1ncc(-c2nc3c(nc2N2CCC(Oc4ccc(F)cc4F)CC2)CCN(C(C)=O)C3)cc1F. The van der Waals surface area contributed by atoms with Crippen molar-refractivity contribution < 1.29 is 27.4 Å². The van der Waals surface area contributed by atoms with Crippen molar-refractivity contribution in [3.63, 3.8) is 0 Å². The van der Waals surface area contributed by atoms with Crippen LogP contribution in [-0.4, -0.2) is 58.6 Å². The molecule has 0 bridgehead atoms. The average Bonchev–Trinajstić information content (AvgIpc) is 2.89. The number of halogens is 3. The zero-order chi connectivity index (χ0) is 26.1. The van der Waals surface area contributed by atoms with Gasteiger partial charge in [0.05, 0.1) is 25.0 Å². The molecule has 0 N–H and O–H groups in total. The van der Waals surface area contributed by atoms with E-state index in [0.29, 0.717) is 68.2 Å². The molecule has 1 fully saturated rings. The predicted molar refractivity (Wildman–Crippen MR) is 129 cm³/mol. The second-order valence-corrected chi connectivity index (χ2v) is 9.07. The van der Waals surface area contributed by atoms with Crippen molar-refractivity contribution in [3.8, 4) is 22.9 Å². The fraction of sp³-hybridized carbons (Fsp3) is 0.385. The standard InChI is InChI=1S/C26H26F3N5O3/c1-15(35)34-10-7-21-22(14-34)31-24(16-11-20(29)26(36-2)30-13-16)25(32-21)33-8-5-18(6-9-33)37-23-4-3-17(27)12-19(23)28/h3-4,11-13,18H,5-10,14H2,1-2H3. The second kappa shape index (κ2) is 10.2. The Hall–Kier alpha value is -3.89. The van der Waals surface area contributed by atoms with E-state index >= 15 is 0 Å². The average molecular weight is 514 g/mol. The number of hydrogen-bond acceptors (Lipinski definition) is 7. The Morgan fingerprint density at radius 2 is 1.81 bits per heavy atom. The van der Waals surface area contributed by atoms with Crippen LogP contribution in [0.4, 0.5) is 19.0 Å². The van der Waals surface area contributed by atoms with Crippen LogP contribution in [0.25, 0.3) is 11.3 Å². The van der Waals surface area contributed by atoms with Gasteiger partial charge in [-0.05, 0) is 18.2 Å². The number of rotatable bonds is 5. The van der Waals surface area contributed by atoms with E-state index in [9.17, 15) is 18.0 Å². The number of ether oxygens (including phenoxy) is 2. The lowest BCUT2D eigenvalue weighted by molar-refractivity contribution is -0.129. The first kappa shape index (κ1) is 24.8. The summed E-state index contributed by atoms with van der Waals surface area (Å²) >= 11 is 0. The van der Waals surface area contributed by atoms with Gasteiger partial charge in [-0.1, -0.05) is 0 Å². The van der Waals surface area contributed by atoms with Gasteiger partial charge in [-0.3, -0.25) is 4.79 Å². The number of nitrogens with zero attached hydrogens (tertiary/aromatic N) is 5. The zero-order valence-electron chi connectivity index (χ0n) is 20.5. The van der Waals surface area contributed by atoms with Gasteiger partial charge in [-0.25, -0.2) is 28.1 Å². The molecule has 2 aliphatic heterocycles. The molecule has 3 aromatic rings. The van der Waals surface area contributed by atoms with Gasteiger partial charge < -0.3 is 19.3 Å². The molecule has 2 aliphatic rings. The first-order chi connectivity index (χ1) is 17.8. The number of fused-ring (bicyclic) bond motifs is 1. The van der Waals surface area contributed by atoms with E-state index < -0.39 is 17.5 Å². The molecule has 37 heavy (non-hydrogen) atoms. The molecule has 2 aromatic heterocycles. The smallest absolute Gasteiger partial charge is 0.250 e. The number of carbonyl (C=O) groups is 1. The van der Waals surface area contributed by atoms with E-state index in [-0.39, 0.29) is 23.6 Å². The Bertz CT molecular complexity index is 1330. The highest BCUT2D eigenvalue weighted by molar-refractivity contribution is 5.75. The summed E-state index contributed by atoms with van der Waals surface area (Å²) in [5.74, 6) is -1.58. The summed E-state index contributed by atoms with van der Waals surface area (Å²) in [6.45, 7) is 3.48. The molecular weight excluding hydrogens is 487 g/mol. The summed E-state index contributed by atoms with van der Waals surface area (Å²) in [7, 11) is 1.34. The van der Waals surface area contributed by atoms with Crippen molar-refractivity contribution in [2.24, 2.45) is 0 Å². The molecule has 0 unspecified atom stereocenters. The van der Waals surface area contributed by atoms with E-state index in [2.05, 4.69) is 4.98 Å². The fourth-order valence-electron chi connectivity index (χ4n) is 4.65. The molecule has 1 aromatic carbocycles. The summed E-state index contributed by atoms with van der Waals surface area (Å²) < 4.78 is 52.6. The maximum atomic E-state index is 14.6. The van der Waals surface area contributed by atoms with E-state index in [0.717, 1.165) is 17.8 Å². The molecular formula is C26H26F3N5O3. The highest BCUT2D eigenvalue weighted by Gasteiger charge is 2.29. The number of aromatic nitrogens is 3. The molecule has 0 aliphatic carbocycles. The normalized spacial score (nSPS) is 15.9. The lowest BCUT2D eigenvalue weighted by Gasteiger charge is -2.35. The van der Waals surface area contributed by atoms with Crippen LogP contribution in [0.15, 0.2) is 30.5 Å². The minimum atomic E-state index is -0.737. The number of anilines is 1. The Balaban J connectivity index is 1.42. The molecule has 0 atom stereocenters. The van der Waals surface area contributed by atoms with Gasteiger partial charge in [0.2, 0.25) is 11.8 Å². The maximum absolute atomic E-state index is 14.6. The van der Waals surface area contributed by atoms with Crippen molar-refractivity contribution >= 4 is 11.7 Å². The van der Waals surface area contributed by atoms with Crippen LogP contribution < -0.4 is 14.4 Å². The predicted octanol–water partition coefficient (Wildman–Crippen LogP) is 3.92. The number of amides is 1. The quantitative estimate of drug-likeness (QED) is 0.512. The number of pyridine rings is 1. The summed E-state index contributed by atoms with van der Waals surface area (Å²) in [6, 6.07) is 4.57. The number of hydrogen-bond donors (Lipinski definition) is 0. The molecule has 4 heterocycles. The number of methoxy groups -OCH3 is 1. The van der Waals surface area contributed by atoms with Crippen molar-refractivity contribution in [2.75, 3.05) is 31.6 Å². The Morgan fingerprint density at radius 1 is 1.03 bits per heavy atom. The Morgan fingerprint density at radius 3 is 2.49 bits per heavy atom.